The van der Waals surface area contributed by atoms with Crippen LogP contribution < -0.4 is 15.5 Å². The molecule has 2 aromatic rings. The third-order valence-corrected chi connectivity index (χ3v) is 4.53. The summed E-state index contributed by atoms with van der Waals surface area (Å²) in [4.78, 5) is 25.9. The molecule has 1 heterocycles. The molecular formula is C18H17BrFN3O2. The number of aryl methyl sites for hydroxylation is 1. The maximum Gasteiger partial charge on any atom is 0.319 e. The highest BCUT2D eigenvalue weighted by atomic mass is 79.9. The molecule has 25 heavy (non-hydrogen) atoms. The van der Waals surface area contributed by atoms with E-state index in [1.165, 1.54) is 12.1 Å². The van der Waals surface area contributed by atoms with Crippen LogP contribution in [0.15, 0.2) is 46.9 Å². The highest BCUT2D eigenvalue weighted by Gasteiger charge is 2.31. The Balaban J connectivity index is 1.61. The van der Waals surface area contributed by atoms with E-state index >= 15 is 0 Å². The van der Waals surface area contributed by atoms with E-state index in [0.29, 0.717) is 17.9 Å². The van der Waals surface area contributed by atoms with Gasteiger partial charge in [-0.1, -0.05) is 15.9 Å². The van der Waals surface area contributed by atoms with Crippen molar-refractivity contribution < 1.29 is 14.0 Å². The lowest BCUT2D eigenvalue weighted by Crippen LogP contribution is -2.39. The van der Waals surface area contributed by atoms with Crippen molar-refractivity contribution in [2.45, 2.75) is 19.4 Å². The molecule has 0 saturated carbocycles. The lowest BCUT2D eigenvalue weighted by atomic mass is 10.2. The molecule has 2 N–H and O–H groups in total. The number of anilines is 2. The Morgan fingerprint density at radius 2 is 1.96 bits per heavy atom. The summed E-state index contributed by atoms with van der Waals surface area (Å²) >= 11 is 3.38. The van der Waals surface area contributed by atoms with Crippen LogP contribution in [0.1, 0.15) is 12.0 Å². The number of halogens is 2. The van der Waals surface area contributed by atoms with Gasteiger partial charge in [0.1, 0.15) is 5.82 Å². The van der Waals surface area contributed by atoms with Crippen LogP contribution in [-0.2, 0) is 4.79 Å². The van der Waals surface area contributed by atoms with Crippen LogP contribution >= 0.6 is 15.9 Å². The maximum absolute atomic E-state index is 13.0. The van der Waals surface area contributed by atoms with Gasteiger partial charge in [-0.15, -0.1) is 0 Å². The summed E-state index contributed by atoms with van der Waals surface area (Å²) in [6, 6.07) is 10.6. The topological polar surface area (TPSA) is 61.4 Å². The SMILES string of the molecule is Cc1cc(Br)ccc1NC(=O)N[C@@H]1CC(=O)N(c2ccc(F)cc2)C1. The number of hydrogen-bond acceptors (Lipinski definition) is 2. The highest BCUT2D eigenvalue weighted by molar-refractivity contribution is 9.10. The monoisotopic (exact) mass is 405 g/mol. The maximum atomic E-state index is 13.0. The summed E-state index contributed by atoms with van der Waals surface area (Å²) in [6.07, 6.45) is 0.212. The van der Waals surface area contributed by atoms with Gasteiger partial charge in [0, 0.05) is 28.8 Å². The molecule has 130 valence electrons. The summed E-state index contributed by atoms with van der Waals surface area (Å²) in [6.45, 7) is 2.26. The summed E-state index contributed by atoms with van der Waals surface area (Å²) in [7, 11) is 0. The number of benzene rings is 2. The molecular weight excluding hydrogens is 389 g/mol. The van der Waals surface area contributed by atoms with Gasteiger partial charge >= 0.3 is 6.03 Å². The van der Waals surface area contributed by atoms with Gasteiger partial charge in [0.2, 0.25) is 5.91 Å². The predicted molar refractivity (Wildman–Crippen MR) is 98.2 cm³/mol. The number of nitrogens with zero attached hydrogens (tertiary/aromatic N) is 1. The molecule has 0 unspecified atom stereocenters. The van der Waals surface area contributed by atoms with Crippen LogP contribution in [0.2, 0.25) is 0 Å². The van der Waals surface area contributed by atoms with Crippen molar-refractivity contribution in [1.82, 2.24) is 5.32 Å². The average molecular weight is 406 g/mol. The summed E-state index contributed by atoms with van der Waals surface area (Å²) < 4.78 is 13.9. The van der Waals surface area contributed by atoms with Gasteiger partial charge in [0.25, 0.3) is 0 Å². The van der Waals surface area contributed by atoms with Crippen LogP contribution in [-0.4, -0.2) is 24.5 Å². The molecule has 5 nitrogen and oxygen atoms in total. The van der Waals surface area contributed by atoms with Crippen LogP contribution in [0, 0.1) is 12.7 Å². The first kappa shape index (κ1) is 17.4. The molecule has 7 heteroatoms. The third-order valence-electron chi connectivity index (χ3n) is 4.04. The number of hydrogen-bond donors (Lipinski definition) is 2. The largest absolute Gasteiger partial charge is 0.333 e. The van der Waals surface area contributed by atoms with Crippen molar-refractivity contribution in [2.24, 2.45) is 0 Å². The quantitative estimate of drug-likeness (QED) is 0.814. The van der Waals surface area contributed by atoms with Crippen LogP contribution in [0.5, 0.6) is 0 Å². The van der Waals surface area contributed by atoms with Crippen molar-refractivity contribution in [3.05, 3.63) is 58.3 Å². The van der Waals surface area contributed by atoms with E-state index < -0.39 is 0 Å². The van der Waals surface area contributed by atoms with Crippen molar-refractivity contribution >= 4 is 39.2 Å². The van der Waals surface area contributed by atoms with Gasteiger partial charge in [-0.2, -0.15) is 0 Å². The first-order chi connectivity index (χ1) is 11.9. The van der Waals surface area contributed by atoms with Gasteiger partial charge in [-0.05, 0) is 55.0 Å². The van der Waals surface area contributed by atoms with Gasteiger partial charge in [-0.25, -0.2) is 9.18 Å². The number of rotatable bonds is 3. The molecule has 0 radical (unpaired) electrons. The van der Waals surface area contributed by atoms with Crippen molar-refractivity contribution in [1.29, 1.82) is 0 Å². The van der Waals surface area contributed by atoms with E-state index in [0.717, 1.165) is 10.0 Å². The van der Waals surface area contributed by atoms with E-state index in [9.17, 15) is 14.0 Å². The first-order valence-electron chi connectivity index (χ1n) is 7.82. The normalized spacial score (nSPS) is 16.8. The van der Waals surface area contributed by atoms with Gasteiger partial charge in [0.05, 0.1) is 6.04 Å². The molecule has 2 aromatic carbocycles. The summed E-state index contributed by atoms with van der Waals surface area (Å²) in [5.41, 5.74) is 2.26. The number of amides is 3. The predicted octanol–water partition coefficient (Wildman–Crippen LogP) is 3.82. The standard InChI is InChI=1S/C18H17BrFN3O2/c1-11-8-12(19)2-7-16(11)22-18(25)21-14-9-17(24)23(10-14)15-5-3-13(20)4-6-15/h2-8,14H,9-10H2,1H3,(H2,21,22,25)/t14-/m1/s1. The number of nitrogens with one attached hydrogen (secondary N) is 2. The summed E-state index contributed by atoms with van der Waals surface area (Å²) in [5, 5.41) is 5.60. The zero-order valence-electron chi connectivity index (χ0n) is 13.6. The molecule has 0 bridgehead atoms. The van der Waals surface area contributed by atoms with E-state index in [1.54, 1.807) is 17.0 Å². The molecule has 0 spiro atoms. The van der Waals surface area contributed by atoms with E-state index in [2.05, 4.69) is 26.6 Å². The molecule has 0 aliphatic carbocycles. The molecule has 1 aliphatic rings. The minimum atomic E-state index is -0.357. The fourth-order valence-electron chi connectivity index (χ4n) is 2.79. The third kappa shape index (κ3) is 4.17. The lowest BCUT2D eigenvalue weighted by Gasteiger charge is -2.17. The smallest absolute Gasteiger partial charge is 0.319 e. The minimum Gasteiger partial charge on any atom is -0.333 e. The Bertz CT molecular complexity index is 810. The molecule has 0 aromatic heterocycles. The molecule has 1 atom stereocenters. The second kappa shape index (κ2) is 7.23. The van der Waals surface area contributed by atoms with Crippen molar-refractivity contribution in [3.63, 3.8) is 0 Å². The Hall–Kier alpha value is -2.41. The zero-order valence-corrected chi connectivity index (χ0v) is 15.1. The fourth-order valence-corrected chi connectivity index (χ4v) is 3.26. The van der Waals surface area contributed by atoms with Gasteiger partial charge in [0.15, 0.2) is 0 Å². The Morgan fingerprint density at radius 3 is 2.64 bits per heavy atom. The zero-order chi connectivity index (χ0) is 18.0. The average Bonchev–Trinajstić information content (AvgIpc) is 2.91. The second-order valence-corrected chi connectivity index (χ2v) is 6.86. The number of carbonyl (C=O) groups is 2. The first-order valence-corrected chi connectivity index (χ1v) is 8.61. The molecule has 1 aliphatic heterocycles. The lowest BCUT2D eigenvalue weighted by molar-refractivity contribution is -0.117. The highest BCUT2D eigenvalue weighted by Crippen LogP contribution is 2.23. The fraction of sp³-hybridized carbons (Fsp3) is 0.222. The Labute approximate surface area is 153 Å². The Kier molecular flexibility index (Phi) is 5.03. The van der Waals surface area contributed by atoms with Gasteiger partial charge < -0.3 is 15.5 Å². The van der Waals surface area contributed by atoms with E-state index in [1.807, 2.05) is 25.1 Å². The Morgan fingerprint density at radius 1 is 1.24 bits per heavy atom. The van der Waals surface area contributed by atoms with Crippen LogP contribution in [0.3, 0.4) is 0 Å². The summed E-state index contributed by atoms with van der Waals surface area (Å²) in [5.74, 6) is -0.453. The van der Waals surface area contributed by atoms with Crippen molar-refractivity contribution in [3.8, 4) is 0 Å². The van der Waals surface area contributed by atoms with Gasteiger partial charge in [-0.3, -0.25) is 4.79 Å². The minimum absolute atomic E-state index is 0.100. The van der Waals surface area contributed by atoms with Crippen molar-refractivity contribution in [2.75, 3.05) is 16.8 Å². The van der Waals surface area contributed by atoms with E-state index in [-0.39, 0.29) is 30.2 Å². The molecule has 3 amide bonds. The van der Waals surface area contributed by atoms with Crippen LogP contribution in [0.25, 0.3) is 0 Å². The number of urea groups is 1. The van der Waals surface area contributed by atoms with E-state index in [4.69, 9.17) is 0 Å². The molecule has 3 rings (SSSR count). The second-order valence-electron chi connectivity index (χ2n) is 5.94. The molecule has 1 fully saturated rings. The van der Waals surface area contributed by atoms with Crippen LogP contribution in [0.4, 0.5) is 20.6 Å². The molecule has 1 saturated heterocycles. The number of carbonyl (C=O) groups excluding carboxylic acids is 2.